The highest BCUT2D eigenvalue weighted by molar-refractivity contribution is 5.96. The Labute approximate surface area is 183 Å². The quantitative estimate of drug-likeness (QED) is 0.425. The van der Waals surface area contributed by atoms with E-state index in [0.717, 1.165) is 16.7 Å². The number of carbonyl (C=O) groups excluding carboxylic acids is 1. The summed E-state index contributed by atoms with van der Waals surface area (Å²) in [5, 5.41) is 0. The van der Waals surface area contributed by atoms with Gasteiger partial charge >= 0.3 is 0 Å². The van der Waals surface area contributed by atoms with Crippen molar-refractivity contribution in [2.24, 2.45) is 0 Å². The smallest absolute Gasteiger partial charge is 0.165 e. The summed E-state index contributed by atoms with van der Waals surface area (Å²) < 4.78 is 18.4. The minimum Gasteiger partial charge on any atom is -0.374 e. The molecule has 0 aliphatic carbocycles. The lowest BCUT2D eigenvalue weighted by atomic mass is 10.0. The molecule has 0 radical (unpaired) electrons. The van der Waals surface area contributed by atoms with Crippen molar-refractivity contribution in [2.75, 3.05) is 6.61 Å². The van der Waals surface area contributed by atoms with Gasteiger partial charge in [-0.1, -0.05) is 91.0 Å². The van der Waals surface area contributed by atoms with Gasteiger partial charge in [-0.25, -0.2) is 0 Å². The van der Waals surface area contributed by atoms with Crippen LogP contribution in [0.2, 0.25) is 0 Å². The first-order valence-corrected chi connectivity index (χ1v) is 10.8. The maximum absolute atomic E-state index is 12.6. The number of hydrogen-bond acceptors (Lipinski definition) is 4. The molecule has 160 valence electrons. The van der Waals surface area contributed by atoms with Gasteiger partial charge in [0.05, 0.1) is 32.0 Å². The van der Waals surface area contributed by atoms with Crippen LogP contribution in [0.3, 0.4) is 0 Å². The molecule has 3 aromatic rings. The van der Waals surface area contributed by atoms with Crippen LogP contribution in [0.25, 0.3) is 0 Å². The van der Waals surface area contributed by atoms with Crippen LogP contribution in [0.4, 0.5) is 0 Å². The van der Waals surface area contributed by atoms with Gasteiger partial charge in [-0.15, -0.1) is 0 Å². The van der Waals surface area contributed by atoms with Crippen LogP contribution in [0.5, 0.6) is 0 Å². The van der Waals surface area contributed by atoms with Crippen molar-refractivity contribution in [2.45, 2.75) is 44.4 Å². The SMILES string of the molecule is O=C(C[C@@H]1C[C@H](OCc2ccccc2)[C@@H](COCc2ccccc2)O1)c1ccccc1. The molecule has 4 rings (SSSR count). The highest BCUT2D eigenvalue weighted by Crippen LogP contribution is 2.28. The number of benzene rings is 3. The molecule has 1 aliphatic heterocycles. The summed E-state index contributed by atoms with van der Waals surface area (Å²) in [4.78, 5) is 12.6. The first-order valence-electron chi connectivity index (χ1n) is 10.8. The largest absolute Gasteiger partial charge is 0.374 e. The molecule has 3 atom stereocenters. The Kier molecular flexibility index (Phi) is 7.61. The summed E-state index contributed by atoms with van der Waals surface area (Å²) >= 11 is 0. The molecule has 0 spiro atoms. The maximum Gasteiger partial charge on any atom is 0.165 e. The third-order valence-electron chi connectivity index (χ3n) is 5.49. The predicted molar refractivity (Wildman–Crippen MR) is 120 cm³/mol. The molecular formula is C27H28O4. The Morgan fingerprint density at radius 2 is 1.39 bits per heavy atom. The molecule has 0 aromatic heterocycles. The van der Waals surface area contributed by atoms with Crippen molar-refractivity contribution in [3.63, 3.8) is 0 Å². The van der Waals surface area contributed by atoms with Crippen LogP contribution < -0.4 is 0 Å². The molecule has 1 aliphatic rings. The van der Waals surface area contributed by atoms with Gasteiger partial charge in [-0.05, 0) is 11.1 Å². The topological polar surface area (TPSA) is 44.8 Å². The first kappa shape index (κ1) is 21.4. The van der Waals surface area contributed by atoms with Crippen molar-refractivity contribution in [1.82, 2.24) is 0 Å². The Hall–Kier alpha value is -2.79. The lowest BCUT2D eigenvalue weighted by Gasteiger charge is -2.19. The van der Waals surface area contributed by atoms with E-state index in [2.05, 4.69) is 0 Å². The van der Waals surface area contributed by atoms with E-state index in [1.54, 1.807) is 0 Å². The normalized spacial score (nSPS) is 20.6. The van der Waals surface area contributed by atoms with E-state index in [-0.39, 0.29) is 24.1 Å². The van der Waals surface area contributed by atoms with E-state index >= 15 is 0 Å². The fraction of sp³-hybridized carbons (Fsp3) is 0.296. The van der Waals surface area contributed by atoms with Gasteiger partial charge < -0.3 is 14.2 Å². The summed E-state index contributed by atoms with van der Waals surface area (Å²) in [6.07, 6.45) is 0.569. The summed E-state index contributed by atoms with van der Waals surface area (Å²) in [6.45, 7) is 1.48. The molecule has 1 heterocycles. The molecule has 4 heteroatoms. The second-order valence-electron chi connectivity index (χ2n) is 7.86. The van der Waals surface area contributed by atoms with Gasteiger partial charge in [0, 0.05) is 18.4 Å². The lowest BCUT2D eigenvalue weighted by molar-refractivity contribution is -0.0708. The predicted octanol–water partition coefficient (Wildman–Crippen LogP) is 5.22. The number of rotatable bonds is 10. The number of carbonyl (C=O) groups is 1. The minimum atomic E-state index is -0.194. The van der Waals surface area contributed by atoms with Crippen LogP contribution in [-0.4, -0.2) is 30.7 Å². The average Bonchev–Trinajstić information content (AvgIpc) is 3.21. The van der Waals surface area contributed by atoms with Crippen LogP contribution in [-0.2, 0) is 27.4 Å². The summed E-state index contributed by atoms with van der Waals surface area (Å²) in [5.74, 6) is 0.0956. The van der Waals surface area contributed by atoms with Gasteiger partial charge in [0.25, 0.3) is 0 Å². The summed E-state index contributed by atoms with van der Waals surface area (Å²) in [7, 11) is 0. The molecule has 0 unspecified atom stereocenters. The molecule has 1 fully saturated rings. The van der Waals surface area contributed by atoms with E-state index < -0.39 is 0 Å². The van der Waals surface area contributed by atoms with Crippen LogP contribution in [0.15, 0.2) is 91.0 Å². The van der Waals surface area contributed by atoms with E-state index in [0.29, 0.717) is 32.7 Å². The molecule has 0 saturated carbocycles. The zero-order valence-corrected chi connectivity index (χ0v) is 17.6. The van der Waals surface area contributed by atoms with Gasteiger partial charge in [-0.2, -0.15) is 0 Å². The number of ketones is 1. The molecule has 31 heavy (non-hydrogen) atoms. The van der Waals surface area contributed by atoms with Crippen molar-refractivity contribution < 1.29 is 19.0 Å². The fourth-order valence-corrected chi connectivity index (χ4v) is 3.85. The fourth-order valence-electron chi connectivity index (χ4n) is 3.85. The average molecular weight is 417 g/mol. The molecule has 0 N–H and O–H groups in total. The maximum atomic E-state index is 12.6. The van der Waals surface area contributed by atoms with Gasteiger partial charge in [-0.3, -0.25) is 4.79 Å². The standard InChI is InChI=1S/C27H28O4/c28-25(23-14-8-3-9-15-23)16-24-17-26(30-19-22-12-6-2-7-13-22)27(31-24)20-29-18-21-10-4-1-5-11-21/h1-15,24,26-27H,16-20H2/t24-,26+,27-/m1/s1. The Balaban J connectivity index is 1.35. The third-order valence-corrected chi connectivity index (χ3v) is 5.49. The zero-order chi connectivity index (χ0) is 21.3. The van der Waals surface area contributed by atoms with E-state index in [4.69, 9.17) is 14.2 Å². The molecule has 1 saturated heterocycles. The second-order valence-corrected chi connectivity index (χ2v) is 7.86. The highest BCUT2D eigenvalue weighted by atomic mass is 16.6. The highest BCUT2D eigenvalue weighted by Gasteiger charge is 2.37. The monoisotopic (exact) mass is 416 g/mol. The molecule has 0 bridgehead atoms. The Bertz CT molecular complexity index is 927. The van der Waals surface area contributed by atoms with Crippen molar-refractivity contribution >= 4 is 5.78 Å². The van der Waals surface area contributed by atoms with Crippen molar-refractivity contribution in [3.05, 3.63) is 108 Å². The van der Waals surface area contributed by atoms with Gasteiger partial charge in [0.1, 0.15) is 6.10 Å². The molecule has 4 nitrogen and oxygen atoms in total. The lowest BCUT2D eigenvalue weighted by Crippen LogP contribution is -2.29. The number of hydrogen-bond donors (Lipinski definition) is 0. The van der Waals surface area contributed by atoms with Crippen molar-refractivity contribution in [1.29, 1.82) is 0 Å². The second kappa shape index (κ2) is 11.0. The summed E-state index contributed by atoms with van der Waals surface area (Å²) in [6, 6.07) is 29.6. The van der Waals surface area contributed by atoms with Gasteiger partial charge in [0.2, 0.25) is 0 Å². The number of ether oxygens (including phenoxy) is 3. The van der Waals surface area contributed by atoms with Crippen LogP contribution in [0.1, 0.15) is 34.3 Å². The van der Waals surface area contributed by atoms with Gasteiger partial charge in [0.15, 0.2) is 5.78 Å². The molecular weight excluding hydrogens is 388 g/mol. The zero-order valence-electron chi connectivity index (χ0n) is 17.6. The molecule has 0 amide bonds. The van der Waals surface area contributed by atoms with Crippen LogP contribution >= 0.6 is 0 Å². The van der Waals surface area contributed by atoms with Crippen LogP contribution in [0, 0.1) is 0 Å². The van der Waals surface area contributed by atoms with E-state index in [1.807, 2.05) is 91.0 Å². The van der Waals surface area contributed by atoms with E-state index in [1.165, 1.54) is 0 Å². The summed E-state index contributed by atoms with van der Waals surface area (Å²) in [5.41, 5.74) is 2.96. The minimum absolute atomic E-state index is 0.0956. The van der Waals surface area contributed by atoms with E-state index in [9.17, 15) is 4.79 Å². The number of Topliss-reactive ketones (excluding diaryl/α,β-unsaturated/α-hetero) is 1. The first-order chi connectivity index (χ1) is 15.3. The Morgan fingerprint density at radius 3 is 2.03 bits per heavy atom. The third kappa shape index (κ3) is 6.34. The Morgan fingerprint density at radius 1 is 0.806 bits per heavy atom. The molecule has 3 aromatic carbocycles. The van der Waals surface area contributed by atoms with Crippen molar-refractivity contribution in [3.8, 4) is 0 Å².